The van der Waals surface area contributed by atoms with Crippen LogP contribution in [0, 0.1) is 6.07 Å². The van der Waals surface area contributed by atoms with Crippen molar-refractivity contribution in [1.29, 1.82) is 0 Å². The molecule has 0 spiro atoms. The summed E-state index contributed by atoms with van der Waals surface area (Å²) < 4.78 is 13.2. The molecule has 7 rings (SSSR count). The molecular formula is C37H32IrNO2-. The van der Waals surface area contributed by atoms with Crippen molar-refractivity contribution < 1.29 is 28.9 Å². The number of nitrogens with zero attached hydrogens (tertiary/aromatic N) is 1. The molecule has 3 nitrogen and oxygen atoms in total. The van der Waals surface area contributed by atoms with E-state index in [1.807, 2.05) is 30.5 Å². The Hall–Kier alpha value is -3.72. The van der Waals surface area contributed by atoms with Crippen LogP contribution in [-0.2, 0) is 30.9 Å². The summed E-state index contributed by atoms with van der Waals surface area (Å²) >= 11 is 0. The first-order valence-electron chi connectivity index (χ1n) is 13.9. The predicted octanol–water partition coefficient (Wildman–Crippen LogP) is 10.6. The van der Waals surface area contributed by atoms with E-state index in [2.05, 4.69) is 107 Å². The molecule has 0 aliphatic heterocycles. The second kappa shape index (κ2) is 9.69. The topological polar surface area (TPSA) is 39.2 Å². The van der Waals surface area contributed by atoms with Gasteiger partial charge in [-0.3, -0.25) is 0 Å². The van der Waals surface area contributed by atoms with Gasteiger partial charge in [0.25, 0.3) is 0 Å². The summed E-state index contributed by atoms with van der Waals surface area (Å²) in [5.41, 5.74) is 9.99. The van der Waals surface area contributed by atoms with Crippen LogP contribution in [0.1, 0.15) is 52.7 Å². The Morgan fingerprint density at radius 3 is 1.95 bits per heavy atom. The van der Waals surface area contributed by atoms with E-state index in [1.165, 1.54) is 11.1 Å². The van der Waals surface area contributed by atoms with Gasteiger partial charge in [-0.2, -0.15) is 0 Å². The number of hydrogen-bond acceptors (Lipinski definition) is 3. The van der Waals surface area contributed by atoms with Gasteiger partial charge in [0, 0.05) is 42.5 Å². The molecule has 0 atom stereocenters. The number of aromatic nitrogens is 1. The third kappa shape index (κ3) is 4.60. The summed E-state index contributed by atoms with van der Waals surface area (Å²) in [5, 5.41) is 4.33. The van der Waals surface area contributed by atoms with Crippen molar-refractivity contribution in [1.82, 2.24) is 4.98 Å². The van der Waals surface area contributed by atoms with Gasteiger partial charge >= 0.3 is 0 Å². The van der Waals surface area contributed by atoms with Crippen molar-refractivity contribution in [2.45, 2.75) is 52.4 Å². The third-order valence-corrected chi connectivity index (χ3v) is 7.96. The molecule has 3 aromatic heterocycles. The van der Waals surface area contributed by atoms with Crippen LogP contribution < -0.4 is 0 Å². The molecule has 4 heteroatoms. The van der Waals surface area contributed by atoms with Crippen molar-refractivity contribution in [3.8, 4) is 22.4 Å². The van der Waals surface area contributed by atoms with E-state index < -0.39 is 0 Å². The quantitative estimate of drug-likeness (QED) is 0.167. The van der Waals surface area contributed by atoms with Crippen molar-refractivity contribution in [2.24, 2.45) is 0 Å². The Labute approximate surface area is 253 Å². The largest absolute Gasteiger partial charge is 0.456 e. The second-order valence-corrected chi connectivity index (χ2v) is 12.8. The Morgan fingerprint density at radius 2 is 1.32 bits per heavy atom. The second-order valence-electron chi connectivity index (χ2n) is 12.8. The molecule has 0 aliphatic rings. The Kier molecular flexibility index (Phi) is 6.48. The van der Waals surface area contributed by atoms with E-state index in [0.717, 1.165) is 66.3 Å². The molecular weight excluding hydrogens is 683 g/mol. The van der Waals surface area contributed by atoms with E-state index >= 15 is 0 Å². The van der Waals surface area contributed by atoms with Crippen LogP contribution in [0.3, 0.4) is 0 Å². The standard InChI is InChI=1S/C37H32NO2.Ir/c1-36(2,3)24-13-15-31-27(19-24)33-26(23-16-17-38-29(18-23)22-10-8-7-9-11-22)21-32-34(35(33)40-31)28-20-25(37(4,5)6)12-14-30(28)39-32;/h7-10,12-21H,1-6H3;/q-1;. The van der Waals surface area contributed by atoms with Crippen molar-refractivity contribution in [3.05, 3.63) is 102 Å². The molecule has 7 aromatic rings. The van der Waals surface area contributed by atoms with E-state index in [-0.39, 0.29) is 30.9 Å². The summed E-state index contributed by atoms with van der Waals surface area (Å²) in [4.78, 5) is 4.66. The number of fused-ring (bicyclic) bond motifs is 7. The fourth-order valence-electron chi connectivity index (χ4n) is 5.66. The van der Waals surface area contributed by atoms with Crippen LogP contribution >= 0.6 is 0 Å². The Bertz CT molecular complexity index is 2070. The maximum absolute atomic E-state index is 6.72. The number of benzene rings is 4. The number of rotatable bonds is 2. The fourth-order valence-corrected chi connectivity index (χ4v) is 5.66. The average Bonchev–Trinajstić information content (AvgIpc) is 3.49. The van der Waals surface area contributed by atoms with Crippen LogP contribution in [-0.4, -0.2) is 4.98 Å². The van der Waals surface area contributed by atoms with Gasteiger partial charge in [-0.05, 0) is 75.2 Å². The Balaban J connectivity index is 0.00000302. The maximum atomic E-state index is 6.72. The molecule has 0 amide bonds. The van der Waals surface area contributed by atoms with Gasteiger partial charge in [0.05, 0.1) is 5.39 Å². The molecule has 0 fully saturated rings. The summed E-state index contributed by atoms with van der Waals surface area (Å²) in [7, 11) is 0. The SMILES string of the molecule is CC(C)(C)c1ccc2oc3c(c(-c4ccnc(-c5[c-]cccc5)c4)cc4oc5ccc(C(C)(C)C)cc5c43)c2c1.[Ir]. The molecule has 0 unspecified atom stereocenters. The summed E-state index contributed by atoms with van der Waals surface area (Å²) in [6.45, 7) is 13.5. The van der Waals surface area contributed by atoms with Crippen molar-refractivity contribution >= 4 is 43.9 Å². The van der Waals surface area contributed by atoms with E-state index in [1.54, 1.807) is 0 Å². The summed E-state index contributed by atoms with van der Waals surface area (Å²) in [6, 6.07) is 30.8. The predicted molar refractivity (Wildman–Crippen MR) is 166 cm³/mol. The summed E-state index contributed by atoms with van der Waals surface area (Å²) in [5.74, 6) is 0. The normalized spacial score (nSPS) is 12.4. The molecule has 1 radical (unpaired) electrons. The van der Waals surface area contributed by atoms with Crippen LogP contribution in [0.4, 0.5) is 0 Å². The van der Waals surface area contributed by atoms with Crippen LogP contribution in [0.2, 0.25) is 0 Å². The van der Waals surface area contributed by atoms with Crippen molar-refractivity contribution in [3.63, 3.8) is 0 Å². The number of hydrogen-bond donors (Lipinski definition) is 0. The number of pyridine rings is 1. The van der Waals surface area contributed by atoms with Gasteiger partial charge in [-0.25, -0.2) is 0 Å². The molecule has 0 saturated carbocycles. The zero-order valence-corrected chi connectivity index (χ0v) is 26.6. The first-order chi connectivity index (χ1) is 19.1. The Morgan fingerprint density at radius 1 is 0.659 bits per heavy atom. The molecule has 207 valence electrons. The smallest absolute Gasteiger partial charge is 0.147 e. The van der Waals surface area contributed by atoms with Gasteiger partial charge < -0.3 is 13.8 Å². The molecule has 41 heavy (non-hydrogen) atoms. The van der Waals surface area contributed by atoms with E-state index in [0.29, 0.717) is 0 Å². The van der Waals surface area contributed by atoms with E-state index in [9.17, 15) is 0 Å². The first kappa shape index (κ1) is 27.4. The fraction of sp³-hybridized carbons (Fsp3) is 0.216. The van der Waals surface area contributed by atoms with Gasteiger partial charge in [-0.1, -0.05) is 59.7 Å². The van der Waals surface area contributed by atoms with E-state index in [4.69, 9.17) is 8.83 Å². The number of furan rings is 2. The minimum Gasteiger partial charge on any atom is -0.456 e. The third-order valence-electron chi connectivity index (χ3n) is 7.96. The van der Waals surface area contributed by atoms with Gasteiger partial charge in [0.1, 0.15) is 22.3 Å². The summed E-state index contributed by atoms with van der Waals surface area (Å²) in [6.07, 6.45) is 1.87. The van der Waals surface area contributed by atoms with Crippen LogP contribution in [0.15, 0.2) is 93.9 Å². The molecule has 4 aromatic carbocycles. The zero-order chi connectivity index (χ0) is 27.8. The van der Waals surface area contributed by atoms with Gasteiger partial charge in [0.2, 0.25) is 0 Å². The molecule has 0 bridgehead atoms. The van der Waals surface area contributed by atoms with Gasteiger partial charge in [-0.15, -0.1) is 35.9 Å². The van der Waals surface area contributed by atoms with Crippen LogP contribution in [0.5, 0.6) is 0 Å². The maximum Gasteiger partial charge on any atom is 0.147 e. The first-order valence-corrected chi connectivity index (χ1v) is 13.9. The van der Waals surface area contributed by atoms with Crippen molar-refractivity contribution in [2.75, 3.05) is 0 Å². The minimum absolute atomic E-state index is 0. The minimum atomic E-state index is 0. The molecule has 3 heterocycles. The monoisotopic (exact) mass is 715 g/mol. The molecule has 0 N–H and O–H groups in total. The van der Waals surface area contributed by atoms with Crippen LogP contribution in [0.25, 0.3) is 66.3 Å². The molecule has 0 aliphatic carbocycles. The average molecular weight is 715 g/mol. The zero-order valence-electron chi connectivity index (χ0n) is 24.2. The molecule has 0 saturated heterocycles. The van der Waals surface area contributed by atoms with Gasteiger partial charge in [0.15, 0.2) is 0 Å².